The molecule has 0 heterocycles. The SMILES string of the molecule is CCCC(=O)NCCCCCN(CCCCCN)CCNCCN. The highest BCUT2D eigenvalue weighted by Gasteiger charge is 2.04. The fourth-order valence-corrected chi connectivity index (χ4v) is 2.64. The molecule has 144 valence electrons. The molecule has 0 radical (unpaired) electrons. The summed E-state index contributed by atoms with van der Waals surface area (Å²) in [6.45, 7) is 9.59. The van der Waals surface area contributed by atoms with Gasteiger partial charge in [-0.3, -0.25) is 4.79 Å². The van der Waals surface area contributed by atoms with Gasteiger partial charge in [0.25, 0.3) is 0 Å². The molecule has 0 aliphatic rings. The number of rotatable bonds is 18. The third-order valence-electron chi connectivity index (χ3n) is 4.05. The first kappa shape index (κ1) is 23.3. The van der Waals surface area contributed by atoms with Gasteiger partial charge in [-0.1, -0.05) is 19.8 Å². The minimum Gasteiger partial charge on any atom is -0.356 e. The zero-order chi connectivity index (χ0) is 17.9. The topological polar surface area (TPSA) is 96.4 Å². The van der Waals surface area contributed by atoms with E-state index in [4.69, 9.17) is 11.5 Å². The summed E-state index contributed by atoms with van der Waals surface area (Å²) in [7, 11) is 0. The number of carbonyl (C=O) groups is 1. The predicted octanol–water partition coefficient (Wildman–Crippen LogP) is 1.05. The lowest BCUT2D eigenvalue weighted by molar-refractivity contribution is -0.121. The molecule has 0 spiro atoms. The van der Waals surface area contributed by atoms with Gasteiger partial charge in [-0.05, 0) is 51.7 Å². The lowest BCUT2D eigenvalue weighted by Crippen LogP contribution is -2.35. The van der Waals surface area contributed by atoms with Crippen molar-refractivity contribution in [2.24, 2.45) is 11.5 Å². The lowest BCUT2D eigenvalue weighted by Gasteiger charge is -2.22. The average molecular weight is 344 g/mol. The van der Waals surface area contributed by atoms with E-state index in [9.17, 15) is 4.79 Å². The van der Waals surface area contributed by atoms with E-state index in [0.29, 0.717) is 13.0 Å². The average Bonchev–Trinajstić information content (AvgIpc) is 2.58. The van der Waals surface area contributed by atoms with Crippen molar-refractivity contribution in [2.45, 2.75) is 58.3 Å². The van der Waals surface area contributed by atoms with Crippen LogP contribution in [0.3, 0.4) is 0 Å². The number of amides is 1. The van der Waals surface area contributed by atoms with Crippen LogP contribution in [0.1, 0.15) is 58.3 Å². The third kappa shape index (κ3) is 16.2. The van der Waals surface area contributed by atoms with Gasteiger partial charge in [0.1, 0.15) is 0 Å². The Morgan fingerprint density at radius 1 is 0.833 bits per heavy atom. The molecule has 6 N–H and O–H groups in total. The Bertz CT molecular complexity index is 264. The second-order valence-electron chi connectivity index (χ2n) is 6.39. The van der Waals surface area contributed by atoms with Crippen molar-refractivity contribution in [3.8, 4) is 0 Å². The van der Waals surface area contributed by atoms with Gasteiger partial charge in [0, 0.05) is 39.1 Å². The molecule has 1 amide bonds. The molecule has 0 unspecified atom stereocenters. The first-order valence-corrected chi connectivity index (χ1v) is 9.84. The zero-order valence-corrected chi connectivity index (χ0v) is 15.8. The highest BCUT2D eigenvalue weighted by atomic mass is 16.1. The molecule has 0 fully saturated rings. The summed E-state index contributed by atoms with van der Waals surface area (Å²) in [5.41, 5.74) is 11.1. The number of nitrogens with two attached hydrogens (primary N) is 2. The Morgan fingerprint density at radius 3 is 2.17 bits per heavy atom. The first-order valence-electron chi connectivity index (χ1n) is 9.84. The summed E-state index contributed by atoms with van der Waals surface area (Å²) in [5.74, 6) is 0.185. The molecule has 0 aliphatic carbocycles. The molecular formula is C18H41N5O. The van der Waals surface area contributed by atoms with Crippen LogP contribution in [-0.2, 0) is 4.79 Å². The van der Waals surface area contributed by atoms with Gasteiger partial charge in [-0.15, -0.1) is 0 Å². The van der Waals surface area contributed by atoms with Gasteiger partial charge >= 0.3 is 0 Å². The van der Waals surface area contributed by atoms with Gasteiger partial charge in [0.05, 0.1) is 0 Å². The van der Waals surface area contributed by atoms with Gasteiger partial charge < -0.3 is 27.0 Å². The van der Waals surface area contributed by atoms with Crippen LogP contribution in [0.25, 0.3) is 0 Å². The van der Waals surface area contributed by atoms with Crippen LogP contribution >= 0.6 is 0 Å². The number of hydrogen-bond donors (Lipinski definition) is 4. The molecule has 0 saturated heterocycles. The predicted molar refractivity (Wildman–Crippen MR) is 103 cm³/mol. The molecular weight excluding hydrogens is 302 g/mol. The number of unbranched alkanes of at least 4 members (excludes halogenated alkanes) is 4. The second-order valence-corrected chi connectivity index (χ2v) is 6.39. The van der Waals surface area contributed by atoms with E-state index in [1.165, 1.54) is 25.7 Å². The fourth-order valence-electron chi connectivity index (χ4n) is 2.64. The summed E-state index contributed by atoms with van der Waals surface area (Å²) in [4.78, 5) is 13.9. The fraction of sp³-hybridized carbons (Fsp3) is 0.944. The monoisotopic (exact) mass is 343 g/mol. The molecule has 0 rings (SSSR count). The summed E-state index contributed by atoms with van der Waals surface area (Å²) >= 11 is 0. The number of nitrogens with zero attached hydrogens (tertiary/aromatic N) is 1. The molecule has 0 aromatic heterocycles. The molecule has 0 atom stereocenters. The van der Waals surface area contributed by atoms with E-state index < -0.39 is 0 Å². The molecule has 0 bridgehead atoms. The molecule has 24 heavy (non-hydrogen) atoms. The first-order chi connectivity index (χ1) is 11.7. The van der Waals surface area contributed by atoms with Crippen LogP contribution in [0, 0.1) is 0 Å². The van der Waals surface area contributed by atoms with Crippen molar-refractivity contribution < 1.29 is 4.79 Å². The van der Waals surface area contributed by atoms with E-state index in [0.717, 1.165) is 65.1 Å². The zero-order valence-electron chi connectivity index (χ0n) is 15.8. The molecule has 0 saturated carbocycles. The maximum Gasteiger partial charge on any atom is 0.219 e. The summed E-state index contributed by atoms with van der Waals surface area (Å²) in [5, 5.41) is 6.35. The lowest BCUT2D eigenvalue weighted by atomic mass is 10.2. The van der Waals surface area contributed by atoms with Gasteiger partial charge in [-0.25, -0.2) is 0 Å². The second kappa shape index (κ2) is 18.6. The van der Waals surface area contributed by atoms with Crippen LogP contribution in [0.2, 0.25) is 0 Å². The quantitative estimate of drug-likeness (QED) is 0.279. The van der Waals surface area contributed by atoms with Gasteiger partial charge in [0.15, 0.2) is 0 Å². The largest absolute Gasteiger partial charge is 0.356 e. The summed E-state index contributed by atoms with van der Waals surface area (Å²) in [6.07, 6.45) is 8.56. The summed E-state index contributed by atoms with van der Waals surface area (Å²) in [6, 6.07) is 0. The van der Waals surface area contributed by atoms with Crippen molar-refractivity contribution in [3.63, 3.8) is 0 Å². The van der Waals surface area contributed by atoms with Crippen molar-refractivity contribution >= 4 is 5.91 Å². The van der Waals surface area contributed by atoms with Crippen LogP contribution in [0.4, 0.5) is 0 Å². The minimum absolute atomic E-state index is 0.185. The van der Waals surface area contributed by atoms with E-state index in [1.807, 2.05) is 6.92 Å². The Kier molecular flexibility index (Phi) is 18.1. The van der Waals surface area contributed by atoms with Crippen LogP contribution in [0.15, 0.2) is 0 Å². The van der Waals surface area contributed by atoms with Crippen LogP contribution < -0.4 is 22.1 Å². The van der Waals surface area contributed by atoms with Crippen molar-refractivity contribution in [2.75, 3.05) is 52.4 Å². The smallest absolute Gasteiger partial charge is 0.219 e. The minimum atomic E-state index is 0.185. The standard InChI is InChI=1S/C18H41N5O/c1-2-9-18(24)22-12-6-4-8-16-23(15-7-3-5-10-19)17-14-21-13-11-20/h21H,2-17,19-20H2,1H3,(H,22,24). The Morgan fingerprint density at radius 2 is 1.54 bits per heavy atom. The van der Waals surface area contributed by atoms with Crippen LogP contribution in [-0.4, -0.2) is 63.2 Å². The highest BCUT2D eigenvalue weighted by molar-refractivity contribution is 5.75. The molecule has 6 nitrogen and oxygen atoms in total. The highest BCUT2D eigenvalue weighted by Crippen LogP contribution is 2.02. The van der Waals surface area contributed by atoms with E-state index >= 15 is 0 Å². The number of nitrogens with one attached hydrogen (secondary N) is 2. The number of carbonyl (C=O) groups excluding carboxylic acids is 1. The van der Waals surface area contributed by atoms with Crippen LogP contribution in [0.5, 0.6) is 0 Å². The van der Waals surface area contributed by atoms with Crippen molar-refractivity contribution in [1.82, 2.24) is 15.5 Å². The summed E-state index contributed by atoms with van der Waals surface area (Å²) < 4.78 is 0. The Labute approximate surface area is 149 Å². The van der Waals surface area contributed by atoms with E-state index in [2.05, 4.69) is 15.5 Å². The third-order valence-corrected chi connectivity index (χ3v) is 4.05. The Hall–Kier alpha value is -0.690. The van der Waals surface area contributed by atoms with E-state index in [1.54, 1.807) is 0 Å². The van der Waals surface area contributed by atoms with Gasteiger partial charge in [-0.2, -0.15) is 0 Å². The normalized spacial score (nSPS) is 11.2. The maximum absolute atomic E-state index is 11.4. The van der Waals surface area contributed by atoms with E-state index in [-0.39, 0.29) is 5.91 Å². The number of hydrogen-bond acceptors (Lipinski definition) is 5. The molecule has 6 heteroatoms. The van der Waals surface area contributed by atoms with Gasteiger partial charge in [0.2, 0.25) is 5.91 Å². The van der Waals surface area contributed by atoms with Crippen molar-refractivity contribution in [1.29, 1.82) is 0 Å². The van der Waals surface area contributed by atoms with Crippen molar-refractivity contribution in [3.05, 3.63) is 0 Å². The molecule has 0 aliphatic heterocycles. The molecule has 0 aromatic rings. The maximum atomic E-state index is 11.4. The molecule has 0 aromatic carbocycles. The Balaban J connectivity index is 3.74.